The first-order chi connectivity index (χ1) is 8.08. The molecule has 6 heteroatoms. The summed E-state index contributed by atoms with van der Waals surface area (Å²) in [6.45, 7) is 1.46. The number of carbonyl (C=O) groups is 1. The van der Waals surface area contributed by atoms with Crippen molar-refractivity contribution in [1.82, 2.24) is 10.1 Å². The minimum atomic E-state index is -1.03. The van der Waals surface area contributed by atoms with Crippen LogP contribution in [0.3, 0.4) is 0 Å². The highest BCUT2D eigenvalue weighted by Gasteiger charge is 2.20. The van der Waals surface area contributed by atoms with E-state index in [2.05, 4.69) is 10.1 Å². The van der Waals surface area contributed by atoms with Gasteiger partial charge >= 0.3 is 5.97 Å². The van der Waals surface area contributed by atoms with Crippen molar-refractivity contribution in [1.29, 1.82) is 0 Å². The van der Waals surface area contributed by atoms with Gasteiger partial charge in [-0.25, -0.2) is 4.39 Å². The monoisotopic (exact) mass is 236 g/mol. The highest BCUT2D eigenvalue weighted by Crippen LogP contribution is 2.20. The molecule has 0 saturated heterocycles. The van der Waals surface area contributed by atoms with Crippen molar-refractivity contribution in [3.8, 4) is 11.5 Å². The Morgan fingerprint density at radius 3 is 2.65 bits per heavy atom. The average molecular weight is 236 g/mol. The van der Waals surface area contributed by atoms with E-state index in [0.29, 0.717) is 5.56 Å². The molecule has 0 spiro atoms. The molecule has 1 N–H and O–H groups in total. The number of carboxylic acids is 1. The molecule has 2 rings (SSSR count). The van der Waals surface area contributed by atoms with Gasteiger partial charge in [-0.15, -0.1) is 0 Å². The Bertz CT molecular complexity index is 536. The third-order valence-corrected chi connectivity index (χ3v) is 2.29. The van der Waals surface area contributed by atoms with Crippen LogP contribution in [0.25, 0.3) is 11.5 Å². The van der Waals surface area contributed by atoms with Gasteiger partial charge in [0.1, 0.15) is 11.7 Å². The Kier molecular flexibility index (Phi) is 2.86. The maximum absolute atomic E-state index is 12.7. The first-order valence-corrected chi connectivity index (χ1v) is 4.90. The van der Waals surface area contributed by atoms with Crippen LogP contribution in [0.5, 0.6) is 0 Å². The van der Waals surface area contributed by atoms with Gasteiger partial charge in [0, 0.05) is 5.56 Å². The molecule has 1 unspecified atom stereocenters. The smallest absolute Gasteiger partial charge is 0.314 e. The fourth-order valence-electron chi connectivity index (χ4n) is 1.23. The second-order valence-corrected chi connectivity index (χ2v) is 3.52. The van der Waals surface area contributed by atoms with Crippen LogP contribution in [0.2, 0.25) is 0 Å². The van der Waals surface area contributed by atoms with Crippen molar-refractivity contribution in [2.45, 2.75) is 12.8 Å². The molecular weight excluding hydrogens is 227 g/mol. The summed E-state index contributed by atoms with van der Waals surface area (Å²) in [5.74, 6) is -1.97. The summed E-state index contributed by atoms with van der Waals surface area (Å²) in [6.07, 6.45) is 0. The molecule has 0 aliphatic rings. The number of carboxylic acid groups (broad SMARTS) is 1. The summed E-state index contributed by atoms with van der Waals surface area (Å²) < 4.78 is 17.6. The molecule has 1 aromatic carbocycles. The lowest BCUT2D eigenvalue weighted by Crippen LogP contribution is -2.08. The van der Waals surface area contributed by atoms with Crippen molar-refractivity contribution in [2.75, 3.05) is 0 Å². The number of nitrogens with zero attached hydrogens (tertiary/aromatic N) is 2. The second kappa shape index (κ2) is 4.32. The lowest BCUT2D eigenvalue weighted by atomic mass is 10.2. The Morgan fingerprint density at radius 1 is 1.41 bits per heavy atom. The van der Waals surface area contributed by atoms with Crippen molar-refractivity contribution >= 4 is 5.97 Å². The number of aromatic nitrogens is 2. The minimum Gasteiger partial charge on any atom is -0.481 e. The summed E-state index contributed by atoms with van der Waals surface area (Å²) >= 11 is 0. The van der Waals surface area contributed by atoms with Crippen LogP contribution in [0.4, 0.5) is 4.39 Å². The van der Waals surface area contributed by atoms with E-state index in [1.807, 2.05) is 0 Å². The lowest BCUT2D eigenvalue weighted by molar-refractivity contribution is -0.138. The molecule has 0 bridgehead atoms. The molecular formula is C11H9FN2O3. The molecule has 0 radical (unpaired) electrons. The van der Waals surface area contributed by atoms with Gasteiger partial charge in [-0.3, -0.25) is 4.79 Å². The zero-order valence-electron chi connectivity index (χ0n) is 8.92. The summed E-state index contributed by atoms with van der Waals surface area (Å²) in [6, 6.07) is 5.50. The molecule has 0 amide bonds. The predicted octanol–water partition coefficient (Wildman–Crippen LogP) is 2.06. The van der Waals surface area contributed by atoms with Gasteiger partial charge in [0.15, 0.2) is 5.82 Å². The summed E-state index contributed by atoms with van der Waals surface area (Å²) in [5.41, 5.74) is 0.544. The van der Waals surface area contributed by atoms with Gasteiger partial charge in [0.05, 0.1) is 0 Å². The third-order valence-electron chi connectivity index (χ3n) is 2.29. The normalized spacial score (nSPS) is 12.4. The second-order valence-electron chi connectivity index (χ2n) is 3.52. The topological polar surface area (TPSA) is 76.2 Å². The third kappa shape index (κ3) is 2.30. The molecule has 0 aliphatic heterocycles. The predicted molar refractivity (Wildman–Crippen MR) is 55.7 cm³/mol. The van der Waals surface area contributed by atoms with Gasteiger partial charge < -0.3 is 9.63 Å². The van der Waals surface area contributed by atoms with Crippen LogP contribution in [-0.2, 0) is 4.79 Å². The van der Waals surface area contributed by atoms with Gasteiger partial charge in [0.2, 0.25) is 0 Å². The fraction of sp³-hybridized carbons (Fsp3) is 0.182. The molecule has 1 atom stereocenters. The van der Waals surface area contributed by atoms with Gasteiger partial charge in [0.25, 0.3) is 5.89 Å². The first-order valence-electron chi connectivity index (χ1n) is 4.90. The lowest BCUT2D eigenvalue weighted by Gasteiger charge is -1.96. The highest BCUT2D eigenvalue weighted by atomic mass is 19.1. The van der Waals surface area contributed by atoms with E-state index in [9.17, 15) is 9.18 Å². The van der Waals surface area contributed by atoms with Crippen molar-refractivity contribution in [2.24, 2.45) is 0 Å². The van der Waals surface area contributed by atoms with E-state index in [-0.39, 0.29) is 17.5 Å². The summed E-state index contributed by atoms with van der Waals surface area (Å²) in [5, 5.41) is 12.4. The summed E-state index contributed by atoms with van der Waals surface area (Å²) in [4.78, 5) is 14.7. The van der Waals surface area contributed by atoms with E-state index in [1.54, 1.807) is 0 Å². The molecule has 5 nitrogen and oxygen atoms in total. The van der Waals surface area contributed by atoms with E-state index in [1.165, 1.54) is 31.2 Å². The largest absolute Gasteiger partial charge is 0.481 e. The average Bonchev–Trinajstić information content (AvgIpc) is 2.78. The molecule has 17 heavy (non-hydrogen) atoms. The zero-order chi connectivity index (χ0) is 12.4. The maximum Gasteiger partial charge on any atom is 0.314 e. The first kappa shape index (κ1) is 11.3. The van der Waals surface area contributed by atoms with Gasteiger partial charge in [-0.05, 0) is 31.2 Å². The Hall–Kier alpha value is -2.24. The van der Waals surface area contributed by atoms with Crippen LogP contribution in [0.1, 0.15) is 18.7 Å². The number of benzene rings is 1. The quantitative estimate of drug-likeness (QED) is 0.882. The van der Waals surface area contributed by atoms with Crippen molar-refractivity contribution < 1.29 is 18.8 Å². The number of rotatable bonds is 3. The van der Waals surface area contributed by atoms with Crippen molar-refractivity contribution in [3.05, 3.63) is 35.9 Å². The van der Waals surface area contributed by atoms with Crippen LogP contribution in [0, 0.1) is 5.82 Å². The van der Waals surface area contributed by atoms with E-state index in [4.69, 9.17) is 9.63 Å². The van der Waals surface area contributed by atoms with E-state index < -0.39 is 11.9 Å². The van der Waals surface area contributed by atoms with Gasteiger partial charge in [-0.1, -0.05) is 5.16 Å². The van der Waals surface area contributed by atoms with Crippen LogP contribution >= 0.6 is 0 Å². The zero-order valence-corrected chi connectivity index (χ0v) is 8.92. The molecule has 88 valence electrons. The molecule has 1 heterocycles. The molecule has 0 aliphatic carbocycles. The molecule has 0 fully saturated rings. The standard InChI is InChI=1S/C11H9FN2O3/c1-6(11(15)16)9-13-10(17-14-9)7-2-4-8(12)5-3-7/h2-6H,1H3,(H,15,16). The molecule has 1 aromatic heterocycles. The Labute approximate surface area is 95.9 Å². The van der Waals surface area contributed by atoms with E-state index in [0.717, 1.165) is 0 Å². The number of halogens is 1. The molecule has 2 aromatic rings. The summed E-state index contributed by atoms with van der Waals surface area (Å²) in [7, 11) is 0. The van der Waals surface area contributed by atoms with Gasteiger partial charge in [-0.2, -0.15) is 4.98 Å². The fourth-order valence-corrected chi connectivity index (χ4v) is 1.23. The van der Waals surface area contributed by atoms with Crippen LogP contribution in [-0.4, -0.2) is 21.2 Å². The Morgan fingerprint density at radius 2 is 2.06 bits per heavy atom. The maximum atomic E-state index is 12.7. The number of hydrogen-bond acceptors (Lipinski definition) is 4. The minimum absolute atomic E-state index is 0.0943. The Balaban J connectivity index is 2.29. The SMILES string of the molecule is CC(C(=O)O)c1noc(-c2ccc(F)cc2)n1. The van der Waals surface area contributed by atoms with Crippen LogP contribution in [0.15, 0.2) is 28.8 Å². The number of aliphatic carboxylic acids is 1. The van der Waals surface area contributed by atoms with Crippen LogP contribution < -0.4 is 0 Å². The van der Waals surface area contributed by atoms with E-state index >= 15 is 0 Å². The van der Waals surface area contributed by atoms with Crippen molar-refractivity contribution in [3.63, 3.8) is 0 Å². The number of hydrogen-bond donors (Lipinski definition) is 1. The highest BCUT2D eigenvalue weighted by molar-refractivity contribution is 5.74. The molecule has 0 saturated carbocycles.